The second kappa shape index (κ2) is 6.27. The normalized spacial score (nSPS) is 19.3. The van der Waals surface area contributed by atoms with Crippen molar-refractivity contribution in [2.24, 2.45) is 5.92 Å². The molecule has 0 unspecified atom stereocenters. The molecule has 1 saturated heterocycles. The van der Waals surface area contributed by atoms with E-state index in [-0.39, 0.29) is 16.7 Å². The molecule has 0 spiro atoms. The molecule has 2 aromatic carbocycles. The minimum absolute atomic E-state index is 0.170. The van der Waals surface area contributed by atoms with Crippen LogP contribution in [0.2, 0.25) is 5.02 Å². The Balaban J connectivity index is 1.61. The predicted octanol–water partition coefficient (Wildman–Crippen LogP) is 2.74. The third kappa shape index (κ3) is 3.03. The average molecular weight is 379 g/mol. The molecule has 0 atom stereocenters. The van der Waals surface area contributed by atoms with E-state index in [2.05, 4.69) is 0 Å². The second-order valence-corrected chi connectivity index (χ2v) is 8.91. The van der Waals surface area contributed by atoms with E-state index < -0.39 is 10.0 Å². The molecule has 1 aliphatic heterocycles. The van der Waals surface area contributed by atoms with Crippen molar-refractivity contribution in [2.75, 3.05) is 26.2 Å². The fourth-order valence-corrected chi connectivity index (χ4v) is 5.18. The Hall–Kier alpha value is -1.63. The standard InChI is InChI=1S/C18H19ClN2O3S/c19-16-7-8-17(15-4-2-1-3-14(15)16)25(23,24)21-11-9-20(10-12-21)18(22)13-5-6-13/h1-4,7-8,13H,5-6,9-12H2. The molecule has 1 aliphatic carbocycles. The highest BCUT2D eigenvalue weighted by Gasteiger charge is 2.37. The lowest BCUT2D eigenvalue weighted by molar-refractivity contribution is -0.133. The first-order valence-corrected chi connectivity index (χ1v) is 10.3. The Kier molecular flexibility index (Phi) is 4.22. The second-order valence-electron chi connectivity index (χ2n) is 6.59. The topological polar surface area (TPSA) is 57.7 Å². The van der Waals surface area contributed by atoms with Crippen molar-refractivity contribution in [3.05, 3.63) is 41.4 Å². The lowest BCUT2D eigenvalue weighted by atomic mass is 10.1. The maximum atomic E-state index is 13.1. The first-order chi connectivity index (χ1) is 12.0. The summed E-state index contributed by atoms with van der Waals surface area (Å²) in [4.78, 5) is 14.2. The van der Waals surface area contributed by atoms with Crippen LogP contribution in [0.25, 0.3) is 10.8 Å². The van der Waals surface area contributed by atoms with Crippen molar-refractivity contribution in [2.45, 2.75) is 17.7 Å². The molecule has 132 valence electrons. The third-order valence-corrected chi connectivity index (χ3v) is 7.21. The van der Waals surface area contributed by atoms with E-state index in [0.29, 0.717) is 36.6 Å². The van der Waals surface area contributed by atoms with E-state index in [4.69, 9.17) is 11.6 Å². The van der Waals surface area contributed by atoms with Gasteiger partial charge in [0, 0.05) is 47.9 Å². The molecule has 5 nitrogen and oxygen atoms in total. The molecule has 4 rings (SSSR count). The van der Waals surface area contributed by atoms with Crippen LogP contribution in [0.15, 0.2) is 41.3 Å². The summed E-state index contributed by atoms with van der Waals surface area (Å²) in [7, 11) is -3.62. The summed E-state index contributed by atoms with van der Waals surface area (Å²) in [5.74, 6) is 0.345. The van der Waals surface area contributed by atoms with Gasteiger partial charge in [-0.15, -0.1) is 0 Å². The molecule has 0 radical (unpaired) electrons. The van der Waals surface area contributed by atoms with Crippen LogP contribution in [-0.4, -0.2) is 49.7 Å². The van der Waals surface area contributed by atoms with Gasteiger partial charge in [0.2, 0.25) is 15.9 Å². The van der Waals surface area contributed by atoms with Gasteiger partial charge in [0.15, 0.2) is 0 Å². The summed E-state index contributed by atoms with van der Waals surface area (Å²) >= 11 is 6.20. The Labute approximate surface area is 152 Å². The number of carbonyl (C=O) groups excluding carboxylic acids is 1. The number of halogens is 1. The van der Waals surface area contributed by atoms with Gasteiger partial charge >= 0.3 is 0 Å². The first-order valence-electron chi connectivity index (χ1n) is 8.44. The van der Waals surface area contributed by atoms with Crippen LogP contribution in [0.4, 0.5) is 0 Å². The summed E-state index contributed by atoms with van der Waals surface area (Å²) in [5.41, 5.74) is 0. The number of nitrogens with zero attached hydrogens (tertiary/aromatic N) is 2. The van der Waals surface area contributed by atoms with Crippen LogP contribution in [-0.2, 0) is 14.8 Å². The summed E-state index contributed by atoms with van der Waals surface area (Å²) < 4.78 is 27.7. The number of hydrogen-bond acceptors (Lipinski definition) is 3. The van der Waals surface area contributed by atoms with E-state index in [1.165, 1.54) is 4.31 Å². The van der Waals surface area contributed by atoms with Crippen LogP contribution in [0.5, 0.6) is 0 Å². The number of carbonyl (C=O) groups is 1. The highest BCUT2D eigenvalue weighted by atomic mass is 35.5. The molecule has 0 bridgehead atoms. The minimum Gasteiger partial charge on any atom is -0.340 e. The highest BCUT2D eigenvalue weighted by molar-refractivity contribution is 7.89. The molecular formula is C18H19ClN2O3S. The van der Waals surface area contributed by atoms with Gasteiger partial charge < -0.3 is 4.90 Å². The number of fused-ring (bicyclic) bond motifs is 1. The van der Waals surface area contributed by atoms with Crippen LogP contribution in [0, 0.1) is 5.92 Å². The zero-order chi connectivity index (χ0) is 17.6. The fraction of sp³-hybridized carbons (Fsp3) is 0.389. The molecule has 1 saturated carbocycles. The SMILES string of the molecule is O=C(C1CC1)N1CCN(S(=O)(=O)c2ccc(Cl)c3ccccc23)CC1. The lowest BCUT2D eigenvalue weighted by Gasteiger charge is -2.34. The molecule has 0 aromatic heterocycles. The van der Waals surface area contributed by atoms with Gasteiger partial charge in [0.05, 0.1) is 4.90 Å². The van der Waals surface area contributed by atoms with Crippen molar-refractivity contribution < 1.29 is 13.2 Å². The Morgan fingerprint density at radius 1 is 0.960 bits per heavy atom. The minimum atomic E-state index is -3.62. The summed E-state index contributed by atoms with van der Waals surface area (Å²) in [6.45, 7) is 1.58. The van der Waals surface area contributed by atoms with Crippen LogP contribution >= 0.6 is 11.6 Å². The Bertz CT molecular complexity index is 932. The molecule has 2 aromatic rings. The Morgan fingerprint density at radius 3 is 2.24 bits per heavy atom. The van der Waals surface area contributed by atoms with E-state index in [9.17, 15) is 13.2 Å². The molecule has 25 heavy (non-hydrogen) atoms. The van der Waals surface area contributed by atoms with E-state index in [0.717, 1.165) is 18.2 Å². The smallest absolute Gasteiger partial charge is 0.243 e. The quantitative estimate of drug-likeness (QED) is 0.825. The maximum Gasteiger partial charge on any atom is 0.243 e. The number of hydrogen-bond donors (Lipinski definition) is 0. The third-order valence-electron chi connectivity index (χ3n) is 4.93. The van der Waals surface area contributed by atoms with Gasteiger partial charge in [-0.2, -0.15) is 4.31 Å². The van der Waals surface area contributed by atoms with Crippen molar-refractivity contribution in [1.82, 2.24) is 9.21 Å². The number of benzene rings is 2. The number of amides is 1. The predicted molar refractivity (Wildman–Crippen MR) is 97.0 cm³/mol. The molecule has 1 heterocycles. The van der Waals surface area contributed by atoms with Gasteiger partial charge in [-0.1, -0.05) is 35.9 Å². The zero-order valence-electron chi connectivity index (χ0n) is 13.7. The van der Waals surface area contributed by atoms with Crippen molar-refractivity contribution >= 4 is 38.3 Å². The average Bonchev–Trinajstić information content (AvgIpc) is 3.47. The van der Waals surface area contributed by atoms with Gasteiger partial charge in [0.1, 0.15) is 0 Å². The fourth-order valence-electron chi connectivity index (χ4n) is 3.34. The van der Waals surface area contributed by atoms with E-state index in [1.54, 1.807) is 23.1 Å². The summed E-state index contributed by atoms with van der Waals surface area (Å²) in [6.07, 6.45) is 1.93. The molecule has 2 aliphatic rings. The first kappa shape index (κ1) is 16.8. The van der Waals surface area contributed by atoms with Crippen LogP contribution in [0.3, 0.4) is 0 Å². The van der Waals surface area contributed by atoms with Crippen molar-refractivity contribution in [3.8, 4) is 0 Å². The molecule has 2 fully saturated rings. The van der Waals surface area contributed by atoms with Gasteiger partial charge in [-0.05, 0) is 25.0 Å². The highest BCUT2D eigenvalue weighted by Crippen LogP contribution is 2.33. The summed E-state index contributed by atoms with van der Waals surface area (Å²) in [5, 5.41) is 1.90. The largest absolute Gasteiger partial charge is 0.340 e. The van der Waals surface area contributed by atoms with Gasteiger partial charge in [0.25, 0.3) is 0 Å². The molecular weight excluding hydrogens is 360 g/mol. The monoisotopic (exact) mass is 378 g/mol. The van der Waals surface area contributed by atoms with E-state index in [1.807, 2.05) is 18.2 Å². The maximum absolute atomic E-state index is 13.1. The number of rotatable bonds is 3. The van der Waals surface area contributed by atoms with Crippen molar-refractivity contribution in [1.29, 1.82) is 0 Å². The molecule has 0 N–H and O–H groups in total. The van der Waals surface area contributed by atoms with E-state index >= 15 is 0 Å². The summed E-state index contributed by atoms with van der Waals surface area (Å²) in [6, 6.07) is 10.5. The number of sulfonamides is 1. The molecule has 7 heteroatoms. The van der Waals surface area contributed by atoms with Gasteiger partial charge in [-0.3, -0.25) is 4.79 Å². The molecule has 1 amide bonds. The Morgan fingerprint density at radius 2 is 1.60 bits per heavy atom. The lowest BCUT2D eigenvalue weighted by Crippen LogP contribution is -2.50. The zero-order valence-corrected chi connectivity index (χ0v) is 15.3. The van der Waals surface area contributed by atoms with Crippen LogP contribution in [0.1, 0.15) is 12.8 Å². The van der Waals surface area contributed by atoms with Gasteiger partial charge in [-0.25, -0.2) is 8.42 Å². The number of piperazine rings is 1. The van der Waals surface area contributed by atoms with Crippen LogP contribution < -0.4 is 0 Å². The van der Waals surface area contributed by atoms with Crippen molar-refractivity contribution in [3.63, 3.8) is 0 Å².